The van der Waals surface area contributed by atoms with Gasteiger partial charge in [0, 0.05) is 17.8 Å². The second kappa shape index (κ2) is 5.34. The molecular weight excluding hydrogens is 266 g/mol. The first-order valence-electron chi connectivity index (χ1n) is 7.73. The molecule has 0 radical (unpaired) electrons. The lowest BCUT2D eigenvalue weighted by molar-refractivity contribution is 0.376. The fourth-order valence-corrected chi connectivity index (χ4v) is 4.60. The highest BCUT2D eigenvalue weighted by atomic mass is 32.1. The smallest absolute Gasteiger partial charge is 0.0813 e. The Labute approximate surface area is 123 Å². The monoisotopic (exact) mass is 287 g/mol. The van der Waals surface area contributed by atoms with Crippen LogP contribution in [0.1, 0.15) is 32.1 Å². The van der Waals surface area contributed by atoms with E-state index in [0.29, 0.717) is 6.04 Å². The fourth-order valence-electron chi connectivity index (χ4n) is 3.89. The summed E-state index contributed by atoms with van der Waals surface area (Å²) in [5, 5.41) is 7.48. The first-order valence-corrected chi connectivity index (χ1v) is 8.61. The molecule has 2 aliphatic rings. The predicted molar refractivity (Wildman–Crippen MR) is 85.4 cm³/mol. The Morgan fingerprint density at radius 3 is 3.10 bits per heavy atom. The summed E-state index contributed by atoms with van der Waals surface area (Å²) in [6.45, 7) is 1.21. The molecule has 1 aliphatic heterocycles. The van der Waals surface area contributed by atoms with E-state index in [-0.39, 0.29) is 0 Å². The maximum absolute atomic E-state index is 4.35. The number of hydrogen-bond acceptors (Lipinski definition) is 4. The molecule has 106 valence electrons. The number of hydrogen-bond donors (Lipinski definition) is 2. The minimum Gasteiger partial charge on any atom is -0.382 e. The van der Waals surface area contributed by atoms with Gasteiger partial charge in [-0.05, 0) is 56.3 Å². The number of aromatic nitrogens is 1. The third kappa shape index (κ3) is 2.31. The van der Waals surface area contributed by atoms with Gasteiger partial charge in [0.25, 0.3) is 0 Å². The molecule has 1 aliphatic carbocycles. The van der Waals surface area contributed by atoms with Gasteiger partial charge in [0.15, 0.2) is 0 Å². The summed E-state index contributed by atoms with van der Waals surface area (Å²) in [4.78, 5) is 4.35. The largest absolute Gasteiger partial charge is 0.382 e. The molecule has 2 fully saturated rings. The van der Waals surface area contributed by atoms with Crippen molar-refractivity contribution >= 4 is 27.2 Å². The molecule has 0 spiro atoms. The second-order valence-corrected chi connectivity index (χ2v) is 6.97. The maximum atomic E-state index is 4.35. The van der Waals surface area contributed by atoms with Crippen molar-refractivity contribution in [3.05, 3.63) is 23.7 Å². The summed E-state index contributed by atoms with van der Waals surface area (Å²) in [5.74, 6) is 0.801. The standard InChI is InChI=1S/C16H21N3S/c1-3-12(13-5-2-8-17-13)14(4-1)19-11-6-7-15-16(9-11)20-10-18-15/h6-7,9-10,12-14,17,19H,1-5,8H2. The molecule has 4 rings (SSSR count). The number of nitrogens with one attached hydrogen (secondary N) is 2. The molecule has 3 atom stereocenters. The molecule has 20 heavy (non-hydrogen) atoms. The van der Waals surface area contributed by atoms with Crippen LogP contribution in [0.4, 0.5) is 5.69 Å². The highest BCUT2D eigenvalue weighted by Gasteiger charge is 2.34. The van der Waals surface area contributed by atoms with Gasteiger partial charge in [-0.3, -0.25) is 0 Å². The lowest BCUT2D eigenvalue weighted by atomic mass is 9.93. The zero-order chi connectivity index (χ0) is 13.4. The first kappa shape index (κ1) is 12.6. The van der Waals surface area contributed by atoms with Gasteiger partial charge in [-0.2, -0.15) is 0 Å². The highest BCUT2D eigenvalue weighted by molar-refractivity contribution is 7.16. The molecule has 3 unspecified atom stereocenters. The van der Waals surface area contributed by atoms with Crippen molar-refractivity contribution in [1.82, 2.24) is 10.3 Å². The van der Waals surface area contributed by atoms with Crippen molar-refractivity contribution in [2.24, 2.45) is 5.92 Å². The van der Waals surface area contributed by atoms with Crippen molar-refractivity contribution in [3.8, 4) is 0 Å². The van der Waals surface area contributed by atoms with E-state index in [1.807, 2.05) is 5.51 Å². The van der Waals surface area contributed by atoms with Crippen molar-refractivity contribution < 1.29 is 0 Å². The van der Waals surface area contributed by atoms with Gasteiger partial charge in [0.2, 0.25) is 0 Å². The van der Waals surface area contributed by atoms with E-state index in [1.54, 1.807) is 11.3 Å². The summed E-state index contributed by atoms with van der Waals surface area (Å²) in [6, 6.07) is 7.94. The van der Waals surface area contributed by atoms with E-state index in [1.165, 1.54) is 49.0 Å². The summed E-state index contributed by atoms with van der Waals surface area (Å²) >= 11 is 1.72. The molecule has 1 aromatic carbocycles. The Hall–Kier alpha value is -1.13. The van der Waals surface area contributed by atoms with Crippen LogP contribution < -0.4 is 10.6 Å². The van der Waals surface area contributed by atoms with E-state index >= 15 is 0 Å². The van der Waals surface area contributed by atoms with Gasteiger partial charge in [0.1, 0.15) is 0 Å². The fraction of sp³-hybridized carbons (Fsp3) is 0.562. The molecule has 0 amide bonds. The lowest BCUT2D eigenvalue weighted by Gasteiger charge is -2.27. The molecule has 1 saturated heterocycles. The molecule has 3 nitrogen and oxygen atoms in total. The minimum atomic E-state index is 0.635. The van der Waals surface area contributed by atoms with Crippen molar-refractivity contribution in [2.45, 2.75) is 44.2 Å². The van der Waals surface area contributed by atoms with Crippen LogP contribution in [0.25, 0.3) is 10.2 Å². The number of rotatable bonds is 3. The minimum absolute atomic E-state index is 0.635. The van der Waals surface area contributed by atoms with E-state index in [4.69, 9.17) is 0 Å². The van der Waals surface area contributed by atoms with Crippen molar-refractivity contribution in [1.29, 1.82) is 0 Å². The van der Waals surface area contributed by atoms with Crippen LogP contribution in [-0.4, -0.2) is 23.6 Å². The Morgan fingerprint density at radius 1 is 1.20 bits per heavy atom. The van der Waals surface area contributed by atoms with E-state index < -0.39 is 0 Å². The Morgan fingerprint density at radius 2 is 2.20 bits per heavy atom. The van der Waals surface area contributed by atoms with Crippen molar-refractivity contribution in [3.63, 3.8) is 0 Å². The average molecular weight is 287 g/mol. The van der Waals surface area contributed by atoms with Crippen LogP contribution in [0.5, 0.6) is 0 Å². The molecule has 2 N–H and O–H groups in total. The van der Waals surface area contributed by atoms with Gasteiger partial charge in [-0.15, -0.1) is 11.3 Å². The predicted octanol–water partition coefficient (Wildman–Crippen LogP) is 3.63. The lowest BCUT2D eigenvalue weighted by Crippen LogP contribution is -2.38. The van der Waals surface area contributed by atoms with Gasteiger partial charge in [-0.25, -0.2) is 4.98 Å². The maximum Gasteiger partial charge on any atom is 0.0813 e. The van der Waals surface area contributed by atoms with Gasteiger partial charge in [0.05, 0.1) is 15.7 Å². The van der Waals surface area contributed by atoms with E-state index in [0.717, 1.165) is 17.5 Å². The third-order valence-electron chi connectivity index (χ3n) is 4.87. The number of anilines is 1. The van der Waals surface area contributed by atoms with E-state index in [2.05, 4.69) is 33.8 Å². The highest BCUT2D eigenvalue weighted by Crippen LogP contribution is 2.34. The Kier molecular flexibility index (Phi) is 3.36. The molecule has 4 heteroatoms. The van der Waals surface area contributed by atoms with Crippen LogP contribution >= 0.6 is 11.3 Å². The summed E-state index contributed by atoms with van der Waals surface area (Å²) in [7, 11) is 0. The Bertz CT molecular complexity index is 588. The average Bonchev–Trinajstić information content (AvgIpc) is 3.19. The SMILES string of the molecule is c1nc2ccc(NC3CCCC3C3CCCN3)cc2s1. The van der Waals surface area contributed by atoms with Gasteiger partial charge in [-0.1, -0.05) is 6.42 Å². The molecule has 1 saturated carbocycles. The number of fused-ring (bicyclic) bond motifs is 1. The third-order valence-corrected chi connectivity index (χ3v) is 5.66. The summed E-state index contributed by atoms with van der Waals surface area (Å²) in [5.41, 5.74) is 4.30. The zero-order valence-corrected chi connectivity index (χ0v) is 12.5. The summed E-state index contributed by atoms with van der Waals surface area (Å²) in [6.07, 6.45) is 6.75. The number of nitrogens with zero attached hydrogens (tertiary/aromatic N) is 1. The first-order chi connectivity index (χ1) is 9.90. The number of thiazole rings is 1. The van der Waals surface area contributed by atoms with Crippen LogP contribution in [0, 0.1) is 5.92 Å². The van der Waals surface area contributed by atoms with Crippen molar-refractivity contribution in [2.75, 3.05) is 11.9 Å². The Balaban J connectivity index is 1.51. The van der Waals surface area contributed by atoms with E-state index in [9.17, 15) is 0 Å². The summed E-state index contributed by atoms with van der Waals surface area (Å²) < 4.78 is 1.28. The number of benzene rings is 1. The molecule has 0 bridgehead atoms. The second-order valence-electron chi connectivity index (χ2n) is 6.08. The zero-order valence-electron chi connectivity index (χ0n) is 11.6. The van der Waals surface area contributed by atoms with Crippen LogP contribution in [0.15, 0.2) is 23.7 Å². The molecular formula is C16H21N3S. The normalized spacial score (nSPS) is 30.1. The van der Waals surface area contributed by atoms with Crippen LogP contribution in [0.2, 0.25) is 0 Å². The molecule has 2 aromatic rings. The topological polar surface area (TPSA) is 37.0 Å². The van der Waals surface area contributed by atoms with Gasteiger partial charge >= 0.3 is 0 Å². The van der Waals surface area contributed by atoms with Gasteiger partial charge < -0.3 is 10.6 Å². The van der Waals surface area contributed by atoms with Crippen LogP contribution in [-0.2, 0) is 0 Å². The molecule has 1 aromatic heterocycles. The molecule has 2 heterocycles. The quantitative estimate of drug-likeness (QED) is 0.905. The van der Waals surface area contributed by atoms with Crippen LogP contribution in [0.3, 0.4) is 0 Å².